The highest BCUT2D eigenvalue weighted by Crippen LogP contribution is 2.47. The Morgan fingerprint density at radius 1 is 1.04 bits per heavy atom. The van der Waals surface area contributed by atoms with E-state index in [1.165, 1.54) is 0 Å². The van der Waals surface area contributed by atoms with Gasteiger partial charge in [0.1, 0.15) is 0 Å². The third-order valence-electron chi connectivity index (χ3n) is 10.1. The smallest absolute Gasteiger partial charge is 0.264 e. The van der Waals surface area contributed by atoms with Crippen LogP contribution in [0.25, 0.3) is 10.9 Å². The van der Waals surface area contributed by atoms with Crippen LogP contribution in [0.3, 0.4) is 0 Å². The molecule has 0 aliphatic carbocycles. The fraction of sp³-hybridized carbons (Fsp3) is 0.244. The van der Waals surface area contributed by atoms with Crippen molar-refractivity contribution >= 4 is 55.9 Å². The van der Waals surface area contributed by atoms with Crippen LogP contribution in [0.4, 0.5) is 11.4 Å². The lowest BCUT2D eigenvalue weighted by molar-refractivity contribution is -0.139. The molecule has 51 heavy (non-hydrogen) atoms. The zero-order valence-corrected chi connectivity index (χ0v) is 29.8. The molecule has 3 atom stereocenters. The van der Waals surface area contributed by atoms with Crippen LogP contribution in [-0.2, 0) is 45.9 Å². The van der Waals surface area contributed by atoms with Gasteiger partial charge in [0.25, 0.3) is 5.91 Å². The van der Waals surface area contributed by atoms with E-state index in [1.807, 2.05) is 91.1 Å². The first kappa shape index (κ1) is 34.4. The number of aliphatic hydroxyl groups is 2. The van der Waals surface area contributed by atoms with E-state index in [0.717, 1.165) is 37.6 Å². The van der Waals surface area contributed by atoms with Crippen molar-refractivity contribution in [2.24, 2.45) is 5.92 Å². The van der Waals surface area contributed by atoms with Crippen molar-refractivity contribution in [3.8, 4) is 0 Å². The van der Waals surface area contributed by atoms with E-state index < -0.39 is 17.4 Å². The summed E-state index contributed by atoms with van der Waals surface area (Å²) in [5.41, 5.74) is 4.67. The molecule has 5 aromatic rings. The van der Waals surface area contributed by atoms with E-state index in [1.54, 1.807) is 34.9 Å². The molecule has 4 N–H and O–H groups in total. The van der Waals surface area contributed by atoms with Crippen LogP contribution in [0.2, 0.25) is 0 Å². The van der Waals surface area contributed by atoms with Crippen LogP contribution in [0, 0.1) is 5.92 Å². The Kier molecular flexibility index (Phi) is 9.65. The minimum atomic E-state index is -1.87. The lowest BCUT2D eigenvalue weighted by atomic mass is 9.83. The van der Waals surface area contributed by atoms with Crippen molar-refractivity contribution in [3.63, 3.8) is 0 Å². The molecule has 3 heterocycles. The number of carbonyl (C=O) groups is 3. The quantitative estimate of drug-likeness (QED) is 0.124. The second-order valence-corrected chi connectivity index (χ2v) is 14.3. The number of fused-ring (bicyclic) bond motifs is 3. The summed E-state index contributed by atoms with van der Waals surface area (Å²) >= 11 is 3.51. The molecule has 0 saturated carbocycles. The molecule has 2 aliphatic rings. The number of aliphatic hydroxyl groups excluding tert-OH is 1. The Morgan fingerprint density at radius 2 is 1.82 bits per heavy atom. The zero-order chi connectivity index (χ0) is 35.7. The van der Waals surface area contributed by atoms with Gasteiger partial charge < -0.3 is 30.3 Å². The molecule has 7 rings (SSSR count). The molecule has 1 aromatic heterocycles. The first-order valence-corrected chi connectivity index (χ1v) is 17.9. The van der Waals surface area contributed by atoms with Crippen molar-refractivity contribution in [1.82, 2.24) is 9.88 Å². The van der Waals surface area contributed by atoms with Crippen LogP contribution in [0.15, 0.2) is 114 Å². The molecule has 10 heteroatoms. The minimum Gasteiger partial charge on any atom is -0.394 e. The number of rotatable bonds is 10. The summed E-state index contributed by atoms with van der Waals surface area (Å²) in [6, 6.07) is 28.3. The van der Waals surface area contributed by atoms with Crippen molar-refractivity contribution in [2.75, 3.05) is 16.8 Å². The molecular weight excluding hydrogens is 708 g/mol. The van der Waals surface area contributed by atoms with Gasteiger partial charge in [-0.15, -0.1) is 0 Å². The average Bonchev–Trinajstić information content (AvgIpc) is 3.63. The summed E-state index contributed by atoms with van der Waals surface area (Å²) in [5, 5.41) is 26.2. The topological polar surface area (TPSA) is 126 Å². The Balaban J connectivity index is 1.05. The SMILES string of the molecule is C[C@H](/C=C/CC(=O)N1Cc2ccccc2C[C@H]1CO)[C@@]1(O)C(=O)N(Cc2cccc(NC(=O)Cc3c[nH]c4ccccc34)c2)c2ccc(Br)cc21. The second kappa shape index (κ2) is 14.3. The van der Waals surface area contributed by atoms with Gasteiger partial charge in [0.2, 0.25) is 11.8 Å². The van der Waals surface area contributed by atoms with Gasteiger partial charge in [0, 0.05) is 51.7 Å². The molecule has 260 valence electrons. The summed E-state index contributed by atoms with van der Waals surface area (Å²) in [6.07, 6.45) is 6.15. The number of nitrogens with one attached hydrogen (secondary N) is 2. The Bertz CT molecular complexity index is 2160. The van der Waals surface area contributed by atoms with Gasteiger partial charge in [0.05, 0.1) is 31.3 Å². The molecule has 0 unspecified atom stereocenters. The number of hydrogen-bond acceptors (Lipinski definition) is 5. The lowest BCUT2D eigenvalue weighted by Crippen LogP contribution is -2.46. The molecule has 2 aliphatic heterocycles. The van der Waals surface area contributed by atoms with E-state index in [2.05, 4.69) is 26.2 Å². The fourth-order valence-corrected chi connectivity index (χ4v) is 7.70. The standard InChI is InChI=1S/C41H39BrN4O5/c1-26(8-6-15-39(49)45-24-29-11-3-2-10-28(29)19-33(45)25-47)41(51)35-21-31(42)16-17-37(35)46(40(41)50)23-27-9-7-12-32(18-27)44-38(48)20-30-22-43-36-14-5-4-13-34(30)36/h2-14,16-18,21-22,26,33,43,47,51H,15,19-20,23-25H2,1H3,(H,44,48)/b8-6+/t26-,33+,41+/m1/s1. The number of carbonyl (C=O) groups excluding carboxylic acids is 3. The summed E-state index contributed by atoms with van der Waals surface area (Å²) in [4.78, 5) is 47.0. The summed E-state index contributed by atoms with van der Waals surface area (Å²) in [7, 11) is 0. The van der Waals surface area contributed by atoms with E-state index >= 15 is 0 Å². The number of anilines is 2. The molecule has 0 radical (unpaired) electrons. The Labute approximate surface area is 304 Å². The minimum absolute atomic E-state index is 0.0706. The molecule has 0 bridgehead atoms. The maximum absolute atomic E-state index is 14.2. The Hall–Kier alpha value is -5.03. The number of para-hydroxylation sites is 1. The normalized spacial score (nSPS) is 19.0. The molecule has 3 amide bonds. The number of hydrogen-bond donors (Lipinski definition) is 4. The predicted molar refractivity (Wildman–Crippen MR) is 201 cm³/mol. The van der Waals surface area contributed by atoms with Crippen molar-refractivity contribution < 1.29 is 24.6 Å². The number of nitrogens with zero attached hydrogens (tertiary/aromatic N) is 2. The van der Waals surface area contributed by atoms with Gasteiger partial charge in [-0.25, -0.2) is 0 Å². The van der Waals surface area contributed by atoms with Gasteiger partial charge in [-0.2, -0.15) is 0 Å². The third-order valence-corrected chi connectivity index (χ3v) is 10.6. The summed E-state index contributed by atoms with van der Waals surface area (Å²) in [5.74, 6) is -1.42. The summed E-state index contributed by atoms with van der Waals surface area (Å²) < 4.78 is 0.723. The van der Waals surface area contributed by atoms with Crippen molar-refractivity contribution in [2.45, 2.75) is 50.9 Å². The van der Waals surface area contributed by atoms with Crippen molar-refractivity contribution in [3.05, 3.63) is 142 Å². The highest BCUT2D eigenvalue weighted by molar-refractivity contribution is 9.10. The molecular formula is C41H39BrN4O5. The molecule has 4 aromatic carbocycles. The third kappa shape index (κ3) is 6.74. The van der Waals surface area contributed by atoms with E-state index in [0.29, 0.717) is 29.9 Å². The van der Waals surface area contributed by atoms with Crippen LogP contribution in [-0.4, -0.2) is 50.5 Å². The number of benzene rings is 4. The van der Waals surface area contributed by atoms with Gasteiger partial charge in [-0.05, 0) is 65.1 Å². The number of amides is 3. The van der Waals surface area contributed by atoms with Gasteiger partial charge in [0.15, 0.2) is 5.60 Å². The molecule has 9 nitrogen and oxygen atoms in total. The number of H-pyrrole nitrogens is 1. The first-order chi connectivity index (χ1) is 24.6. The van der Waals surface area contributed by atoms with E-state index in [4.69, 9.17) is 0 Å². The fourth-order valence-electron chi connectivity index (χ4n) is 7.33. The van der Waals surface area contributed by atoms with Crippen LogP contribution in [0.5, 0.6) is 0 Å². The van der Waals surface area contributed by atoms with Gasteiger partial charge in [-0.3, -0.25) is 14.4 Å². The maximum Gasteiger partial charge on any atom is 0.264 e. The van der Waals surface area contributed by atoms with Gasteiger partial charge in [-0.1, -0.05) is 89.6 Å². The first-order valence-electron chi connectivity index (χ1n) is 17.1. The highest BCUT2D eigenvalue weighted by atomic mass is 79.9. The monoisotopic (exact) mass is 746 g/mol. The maximum atomic E-state index is 14.2. The molecule has 0 fully saturated rings. The molecule has 0 spiro atoms. The average molecular weight is 748 g/mol. The number of aromatic amines is 1. The Morgan fingerprint density at radius 3 is 2.65 bits per heavy atom. The summed E-state index contributed by atoms with van der Waals surface area (Å²) in [6.45, 7) is 2.24. The number of halogens is 1. The largest absolute Gasteiger partial charge is 0.394 e. The van der Waals surface area contributed by atoms with Gasteiger partial charge >= 0.3 is 0 Å². The predicted octanol–water partition coefficient (Wildman–Crippen LogP) is 6.37. The molecule has 0 saturated heterocycles. The zero-order valence-electron chi connectivity index (χ0n) is 28.2. The number of aromatic nitrogens is 1. The van der Waals surface area contributed by atoms with Crippen LogP contribution >= 0.6 is 15.9 Å². The van der Waals surface area contributed by atoms with Crippen LogP contribution < -0.4 is 10.2 Å². The van der Waals surface area contributed by atoms with E-state index in [9.17, 15) is 24.6 Å². The second-order valence-electron chi connectivity index (χ2n) is 13.4. The lowest BCUT2D eigenvalue weighted by Gasteiger charge is -2.36. The van der Waals surface area contributed by atoms with E-state index in [-0.39, 0.29) is 43.8 Å². The highest BCUT2D eigenvalue weighted by Gasteiger charge is 2.52. The van der Waals surface area contributed by atoms with Crippen molar-refractivity contribution in [1.29, 1.82) is 0 Å². The van der Waals surface area contributed by atoms with Crippen LogP contribution in [0.1, 0.15) is 41.2 Å².